The second kappa shape index (κ2) is 7.09. The minimum atomic E-state index is -0.407. The monoisotopic (exact) mass is 267 g/mol. The number of halogens is 1. The van der Waals surface area contributed by atoms with Gasteiger partial charge in [-0.05, 0) is 40.1 Å². The number of rotatable bonds is 6. The Bertz CT molecular complexity index is 435. The summed E-state index contributed by atoms with van der Waals surface area (Å²) in [7, 11) is 3.89. The summed E-state index contributed by atoms with van der Waals surface area (Å²) in [6, 6.07) is 4.73. The van der Waals surface area contributed by atoms with Crippen LogP contribution in [-0.2, 0) is 0 Å². The lowest BCUT2D eigenvalue weighted by atomic mass is 10.1. The first-order chi connectivity index (χ1) is 8.97. The molecule has 106 valence electrons. The molecule has 1 atom stereocenters. The Morgan fingerprint density at radius 2 is 2.11 bits per heavy atom. The maximum atomic E-state index is 13.7. The number of hydrogen-bond donors (Lipinski definition) is 2. The second-order valence-corrected chi connectivity index (χ2v) is 4.72. The van der Waals surface area contributed by atoms with E-state index in [1.807, 2.05) is 32.8 Å². The van der Waals surface area contributed by atoms with Crippen LogP contribution in [0.25, 0.3) is 0 Å². The highest BCUT2D eigenvalue weighted by atomic mass is 19.1. The molecule has 0 aliphatic rings. The molecule has 0 aromatic heterocycles. The number of nitrogens with one attached hydrogen (secondary N) is 2. The van der Waals surface area contributed by atoms with E-state index in [0.717, 1.165) is 0 Å². The third-order valence-electron chi connectivity index (χ3n) is 3.05. The summed E-state index contributed by atoms with van der Waals surface area (Å²) in [6.45, 7) is 4.96. The molecule has 1 amide bonds. The molecule has 0 radical (unpaired) electrons. The van der Waals surface area contributed by atoms with Gasteiger partial charge in [-0.3, -0.25) is 4.79 Å². The van der Waals surface area contributed by atoms with Crippen LogP contribution in [-0.4, -0.2) is 44.0 Å². The number of para-hydroxylation sites is 1. The lowest BCUT2D eigenvalue weighted by Gasteiger charge is -2.20. The lowest BCUT2D eigenvalue weighted by molar-refractivity contribution is 0.0944. The van der Waals surface area contributed by atoms with Gasteiger partial charge in [-0.1, -0.05) is 6.07 Å². The fourth-order valence-corrected chi connectivity index (χ4v) is 1.59. The highest BCUT2D eigenvalue weighted by Gasteiger charge is 2.15. The van der Waals surface area contributed by atoms with Crippen LogP contribution in [0, 0.1) is 5.82 Å². The highest BCUT2D eigenvalue weighted by Crippen LogP contribution is 2.19. The van der Waals surface area contributed by atoms with Crippen molar-refractivity contribution in [2.45, 2.75) is 19.9 Å². The van der Waals surface area contributed by atoms with Crippen molar-refractivity contribution in [3.05, 3.63) is 29.6 Å². The van der Waals surface area contributed by atoms with Crippen molar-refractivity contribution in [1.82, 2.24) is 10.2 Å². The average molecular weight is 267 g/mol. The number of carbonyl (C=O) groups is 1. The van der Waals surface area contributed by atoms with Gasteiger partial charge >= 0.3 is 0 Å². The standard InChI is InChI=1S/C14H22FN3O/c1-5-16-13-11(7-6-8-12(13)15)14(19)17-9-10(2)18(3)4/h6-8,10,16H,5,9H2,1-4H3,(H,17,19). The Balaban J connectivity index is 2.79. The van der Waals surface area contributed by atoms with Crippen molar-refractivity contribution in [2.24, 2.45) is 0 Å². The smallest absolute Gasteiger partial charge is 0.253 e. The third kappa shape index (κ3) is 4.21. The fraction of sp³-hybridized carbons (Fsp3) is 0.500. The van der Waals surface area contributed by atoms with Crippen LogP contribution in [0.15, 0.2) is 18.2 Å². The summed E-state index contributed by atoms with van der Waals surface area (Å²) in [5.41, 5.74) is 0.604. The predicted octanol–water partition coefficient (Wildman–Crippen LogP) is 1.94. The molecule has 0 fully saturated rings. The largest absolute Gasteiger partial charge is 0.382 e. The first kappa shape index (κ1) is 15.4. The molecule has 0 aliphatic heterocycles. The molecule has 0 saturated carbocycles. The van der Waals surface area contributed by atoms with E-state index in [1.165, 1.54) is 6.07 Å². The van der Waals surface area contributed by atoms with Crippen molar-refractivity contribution >= 4 is 11.6 Å². The van der Waals surface area contributed by atoms with E-state index in [9.17, 15) is 9.18 Å². The molecule has 0 heterocycles. The molecule has 1 unspecified atom stereocenters. The van der Waals surface area contributed by atoms with Gasteiger partial charge in [-0.2, -0.15) is 0 Å². The molecule has 0 saturated heterocycles. The molecule has 0 aliphatic carbocycles. The van der Waals surface area contributed by atoms with Gasteiger partial charge < -0.3 is 15.5 Å². The normalized spacial score (nSPS) is 12.3. The van der Waals surface area contributed by atoms with Crippen LogP contribution in [0.3, 0.4) is 0 Å². The van der Waals surface area contributed by atoms with E-state index >= 15 is 0 Å². The maximum absolute atomic E-state index is 13.7. The zero-order valence-electron chi connectivity index (χ0n) is 12.0. The van der Waals surface area contributed by atoms with E-state index in [4.69, 9.17) is 0 Å². The average Bonchev–Trinajstić information content (AvgIpc) is 2.37. The van der Waals surface area contributed by atoms with Crippen molar-refractivity contribution in [1.29, 1.82) is 0 Å². The summed E-state index contributed by atoms with van der Waals surface area (Å²) in [6.07, 6.45) is 0. The number of hydrogen-bond acceptors (Lipinski definition) is 3. The van der Waals surface area contributed by atoms with Gasteiger partial charge in [0.05, 0.1) is 11.3 Å². The van der Waals surface area contributed by atoms with Crippen molar-refractivity contribution in [2.75, 3.05) is 32.5 Å². The Labute approximate surface area is 114 Å². The Morgan fingerprint density at radius 3 is 2.68 bits per heavy atom. The Hall–Kier alpha value is -1.62. The van der Waals surface area contributed by atoms with Crippen molar-refractivity contribution < 1.29 is 9.18 Å². The molecule has 4 nitrogen and oxygen atoms in total. The number of nitrogens with zero attached hydrogens (tertiary/aromatic N) is 1. The van der Waals surface area contributed by atoms with Gasteiger partial charge in [-0.25, -0.2) is 4.39 Å². The van der Waals surface area contributed by atoms with Crippen LogP contribution < -0.4 is 10.6 Å². The van der Waals surface area contributed by atoms with E-state index in [0.29, 0.717) is 18.7 Å². The molecule has 0 bridgehead atoms. The zero-order chi connectivity index (χ0) is 14.4. The van der Waals surface area contributed by atoms with Crippen LogP contribution in [0.2, 0.25) is 0 Å². The zero-order valence-corrected chi connectivity index (χ0v) is 12.0. The summed E-state index contributed by atoms with van der Waals surface area (Å²) in [5.74, 6) is -0.667. The number of carbonyl (C=O) groups excluding carboxylic acids is 1. The number of anilines is 1. The molecule has 5 heteroatoms. The lowest BCUT2D eigenvalue weighted by Crippen LogP contribution is -2.38. The highest BCUT2D eigenvalue weighted by molar-refractivity contribution is 5.99. The number of benzene rings is 1. The van der Waals surface area contributed by atoms with E-state index in [2.05, 4.69) is 10.6 Å². The number of amides is 1. The molecule has 19 heavy (non-hydrogen) atoms. The predicted molar refractivity (Wildman–Crippen MR) is 76.0 cm³/mol. The minimum absolute atomic E-state index is 0.222. The second-order valence-electron chi connectivity index (χ2n) is 4.72. The summed E-state index contributed by atoms with van der Waals surface area (Å²) in [4.78, 5) is 14.1. The molecule has 1 rings (SSSR count). The Kier molecular flexibility index (Phi) is 5.76. The van der Waals surface area contributed by atoms with Gasteiger partial charge in [0.15, 0.2) is 0 Å². The van der Waals surface area contributed by atoms with Gasteiger partial charge in [0.1, 0.15) is 5.82 Å². The summed E-state index contributed by atoms with van der Waals surface area (Å²) in [5, 5.41) is 5.71. The molecular weight excluding hydrogens is 245 g/mol. The van der Waals surface area contributed by atoms with Gasteiger partial charge in [0.2, 0.25) is 0 Å². The first-order valence-corrected chi connectivity index (χ1v) is 6.44. The maximum Gasteiger partial charge on any atom is 0.253 e. The Morgan fingerprint density at radius 1 is 1.42 bits per heavy atom. The third-order valence-corrected chi connectivity index (χ3v) is 3.05. The molecule has 2 N–H and O–H groups in total. The van der Waals surface area contributed by atoms with Gasteiger partial charge in [-0.15, -0.1) is 0 Å². The van der Waals surface area contributed by atoms with Crippen molar-refractivity contribution in [3.63, 3.8) is 0 Å². The summed E-state index contributed by atoms with van der Waals surface area (Å²) < 4.78 is 13.7. The van der Waals surface area contributed by atoms with Crippen LogP contribution in [0.4, 0.5) is 10.1 Å². The first-order valence-electron chi connectivity index (χ1n) is 6.44. The molecular formula is C14H22FN3O. The number of likely N-dealkylation sites (N-methyl/N-ethyl adjacent to an activating group) is 1. The SMILES string of the molecule is CCNc1c(F)cccc1C(=O)NCC(C)N(C)C. The van der Waals surface area contributed by atoms with E-state index < -0.39 is 5.82 Å². The molecule has 0 spiro atoms. The fourth-order valence-electron chi connectivity index (χ4n) is 1.59. The molecule has 1 aromatic rings. The topological polar surface area (TPSA) is 44.4 Å². The van der Waals surface area contributed by atoms with Crippen LogP contribution >= 0.6 is 0 Å². The minimum Gasteiger partial charge on any atom is -0.382 e. The van der Waals surface area contributed by atoms with Crippen LogP contribution in [0.1, 0.15) is 24.2 Å². The molecule has 1 aromatic carbocycles. The van der Waals surface area contributed by atoms with E-state index in [1.54, 1.807) is 12.1 Å². The quantitative estimate of drug-likeness (QED) is 0.828. The van der Waals surface area contributed by atoms with E-state index in [-0.39, 0.29) is 17.6 Å². The summed E-state index contributed by atoms with van der Waals surface area (Å²) >= 11 is 0. The van der Waals surface area contributed by atoms with Gasteiger partial charge in [0.25, 0.3) is 5.91 Å². The van der Waals surface area contributed by atoms with Gasteiger partial charge in [0, 0.05) is 19.1 Å². The van der Waals surface area contributed by atoms with Crippen molar-refractivity contribution in [3.8, 4) is 0 Å². The van der Waals surface area contributed by atoms with Crippen LogP contribution in [0.5, 0.6) is 0 Å².